The van der Waals surface area contributed by atoms with E-state index in [0.717, 1.165) is 12.0 Å². The molecule has 0 saturated carbocycles. The molecule has 0 aliphatic carbocycles. The van der Waals surface area contributed by atoms with E-state index in [-0.39, 0.29) is 23.7 Å². The molecule has 34 heavy (non-hydrogen) atoms. The number of terminal acetylenes is 1. The second-order valence-electron chi connectivity index (χ2n) is 8.96. The Morgan fingerprint density at radius 1 is 1.21 bits per heavy atom. The second-order valence-corrected chi connectivity index (χ2v) is 8.96. The normalized spacial score (nSPS) is 12.6. The summed E-state index contributed by atoms with van der Waals surface area (Å²) >= 11 is 0. The van der Waals surface area contributed by atoms with E-state index in [1.54, 1.807) is 20.8 Å². The van der Waals surface area contributed by atoms with Gasteiger partial charge in [0.05, 0.1) is 7.11 Å². The fourth-order valence-electron chi connectivity index (χ4n) is 3.02. The molecular weight excluding hydrogens is 442 g/mol. The van der Waals surface area contributed by atoms with E-state index in [0.29, 0.717) is 0 Å². The van der Waals surface area contributed by atoms with Crippen LogP contribution in [-0.2, 0) is 23.9 Å². The maximum Gasteiger partial charge on any atom is 0.408 e. The number of benzene rings is 1. The van der Waals surface area contributed by atoms with Gasteiger partial charge in [0.2, 0.25) is 5.91 Å². The lowest BCUT2D eigenvalue weighted by Crippen LogP contribution is -2.52. The molecule has 0 aromatic heterocycles. The summed E-state index contributed by atoms with van der Waals surface area (Å²) in [6.07, 6.45) is 5.05. The zero-order valence-corrected chi connectivity index (χ0v) is 20.4. The molecule has 0 radical (unpaired) electrons. The van der Waals surface area contributed by atoms with Gasteiger partial charge in [-0.3, -0.25) is 19.3 Å². The lowest BCUT2D eigenvalue weighted by molar-refractivity contribution is -0.143. The SMILES string of the molecule is C#CN(C(=O)C(CC(C)C)NC(=O)OC(C)(C)C)C(C(=O)NCC(=O)OC)c1cccc(O)c1. The van der Waals surface area contributed by atoms with Gasteiger partial charge in [0, 0.05) is 6.04 Å². The molecule has 186 valence electrons. The van der Waals surface area contributed by atoms with E-state index in [2.05, 4.69) is 21.4 Å². The molecule has 3 amide bonds. The highest BCUT2D eigenvalue weighted by Crippen LogP contribution is 2.25. The molecular formula is C24H33N3O7. The number of nitrogens with zero attached hydrogens (tertiary/aromatic N) is 1. The number of rotatable bonds is 9. The van der Waals surface area contributed by atoms with Crippen molar-refractivity contribution >= 4 is 23.9 Å². The Bertz CT molecular complexity index is 931. The summed E-state index contributed by atoms with van der Waals surface area (Å²) in [5, 5.41) is 14.8. The molecule has 0 bridgehead atoms. The van der Waals surface area contributed by atoms with E-state index >= 15 is 0 Å². The van der Waals surface area contributed by atoms with Gasteiger partial charge in [0.15, 0.2) is 0 Å². The van der Waals surface area contributed by atoms with Gasteiger partial charge in [-0.1, -0.05) is 32.4 Å². The number of alkyl carbamates (subject to hydrolysis) is 1. The first-order chi connectivity index (χ1) is 15.8. The molecule has 0 aliphatic heterocycles. The molecule has 1 aromatic rings. The van der Waals surface area contributed by atoms with Crippen LogP contribution in [0.4, 0.5) is 4.79 Å². The van der Waals surface area contributed by atoms with Crippen molar-refractivity contribution in [2.24, 2.45) is 5.92 Å². The fraction of sp³-hybridized carbons (Fsp3) is 0.500. The number of amides is 3. The number of phenolic OH excluding ortho intramolecular Hbond substituents is 1. The summed E-state index contributed by atoms with van der Waals surface area (Å²) in [6, 6.07) is 5.36. The van der Waals surface area contributed by atoms with Crippen LogP contribution in [0.15, 0.2) is 24.3 Å². The monoisotopic (exact) mass is 475 g/mol. The quantitative estimate of drug-likeness (QED) is 0.283. The number of aromatic hydroxyl groups is 1. The van der Waals surface area contributed by atoms with Crippen LogP contribution in [0, 0.1) is 18.4 Å². The predicted molar refractivity (Wildman–Crippen MR) is 124 cm³/mol. The van der Waals surface area contributed by atoms with Crippen LogP contribution in [0.3, 0.4) is 0 Å². The molecule has 0 heterocycles. The van der Waals surface area contributed by atoms with Gasteiger partial charge >= 0.3 is 12.1 Å². The minimum atomic E-state index is -1.40. The number of ether oxygens (including phenoxy) is 2. The number of esters is 1. The highest BCUT2D eigenvalue weighted by molar-refractivity contribution is 5.94. The molecule has 0 aliphatic rings. The first-order valence-electron chi connectivity index (χ1n) is 10.7. The summed E-state index contributed by atoms with van der Waals surface area (Å²) in [7, 11) is 1.16. The predicted octanol–water partition coefficient (Wildman–Crippen LogP) is 2.08. The molecule has 2 atom stereocenters. The number of carbonyl (C=O) groups excluding carboxylic acids is 4. The van der Waals surface area contributed by atoms with Crippen molar-refractivity contribution in [3.05, 3.63) is 29.8 Å². The van der Waals surface area contributed by atoms with E-state index < -0.39 is 48.1 Å². The van der Waals surface area contributed by atoms with Gasteiger partial charge in [-0.05, 0) is 50.8 Å². The average molecular weight is 476 g/mol. The molecule has 2 unspecified atom stereocenters. The van der Waals surface area contributed by atoms with Gasteiger partial charge < -0.3 is 25.2 Å². The Morgan fingerprint density at radius 3 is 2.35 bits per heavy atom. The van der Waals surface area contributed by atoms with E-state index in [9.17, 15) is 24.3 Å². The van der Waals surface area contributed by atoms with Crippen LogP contribution in [0.5, 0.6) is 5.75 Å². The van der Waals surface area contributed by atoms with Crippen LogP contribution in [0.1, 0.15) is 52.6 Å². The average Bonchev–Trinajstić information content (AvgIpc) is 2.72. The van der Waals surface area contributed by atoms with Crippen molar-refractivity contribution in [2.45, 2.75) is 58.7 Å². The van der Waals surface area contributed by atoms with Gasteiger partial charge in [-0.25, -0.2) is 4.79 Å². The maximum absolute atomic E-state index is 13.5. The van der Waals surface area contributed by atoms with Crippen molar-refractivity contribution < 1.29 is 33.8 Å². The van der Waals surface area contributed by atoms with E-state index in [1.165, 1.54) is 24.3 Å². The molecule has 0 fully saturated rings. The number of hydrogen-bond donors (Lipinski definition) is 3. The minimum absolute atomic E-state index is 0.0177. The van der Waals surface area contributed by atoms with E-state index in [4.69, 9.17) is 11.2 Å². The van der Waals surface area contributed by atoms with Crippen LogP contribution >= 0.6 is 0 Å². The smallest absolute Gasteiger partial charge is 0.408 e. The highest BCUT2D eigenvalue weighted by atomic mass is 16.6. The Morgan fingerprint density at radius 2 is 1.85 bits per heavy atom. The lowest BCUT2D eigenvalue weighted by atomic mass is 9.99. The summed E-state index contributed by atoms with van der Waals surface area (Å²) in [5.41, 5.74) is -0.589. The van der Waals surface area contributed by atoms with Gasteiger partial charge in [0.25, 0.3) is 5.91 Å². The third-order valence-electron chi connectivity index (χ3n) is 4.40. The summed E-state index contributed by atoms with van der Waals surface area (Å²) in [6.45, 7) is 8.30. The first-order valence-corrected chi connectivity index (χ1v) is 10.7. The Hall–Kier alpha value is -3.74. The molecule has 1 aromatic carbocycles. The third kappa shape index (κ3) is 9.02. The zero-order chi connectivity index (χ0) is 26.1. The number of nitrogens with one attached hydrogen (secondary N) is 2. The van der Waals surface area contributed by atoms with Gasteiger partial charge in [-0.15, -0.1) is 0 Å². The Kier molecular flexibility index (Phi) is 10.4. The summed E-state index contributed by atoms with van der Waals surface area (Å²) in [5.74, 6) is -2.38. The van der Waals surface area contributed by atoms with Crippen molar-refractivity contribution in [3.8, 4) is 18.2 Å². The van der Waals surface area contributed by atoms with Gasteiger partial charge in [0.1, 0.15) is 30.0 Å². The Balaban J connectivity index is 3.35. The zero-order valence-electron chi connectivity index (χ0n) is 20.4. The van der Waals surface area contributed by atoms with E-state index in [1.807, 2.05) is 13.8 Å². The van der Waals surface area contributed by atoms with Crippen molar-refractivity contribution in [2.75, 3.05) is 13.7 Å². The van der Waals surface area contributed by atoms with Crippen LogP contribution < -0.4 is 10.6 Å². The molecule has 0 saturated heterocycles. The molecule has 0 spiro atoms. The summed E-state index contributed by atoms with van der Waals surface area (Å²) < 4.78 is 9.79. The molecule has 1 rings (SSSR count). The summed E-state index contributed by atoms with van der Waals surface area (Å²) in [4.78, 5) is 51.2. The number of hydrogen-bond acceptors (Lipinski definition) is 7. The van der Waals surface area contributed by atoms with Crippen LogP contribution in [0.2, 0.25) is 0 Å². The molecule has 3 N–H and O–H groups in total. The Labute approximate surface area is 200 Å². The van der Waals surface area contributed by atoms with Gasteiger partial charge in [-0.2, -0.15) is 0 Å². The van der Waals surface area contributed by atoms with Crippen molar-refractivity contribution in [1.29, 1.82) is 0 Å². The maximum atomic E-state index is 13.5. The number of methoxy groups -OCH3 is 1. The molecule has 10 nitrogen and oxygen atoms in total. The standard InChI is InChI=1S/C24H33N3O7/c1-8-27(22(31)18(12-15(2)3)26-23(32)34-24(4,5)6)20(16-10-9-11-17(28)13-16)21(30)25-14-19(29)33-7/h1,9-11,13,15,18,20,28H,12,14H2,2-7H3,(H,25,30)(H,26,32). The topological polar surface area (TPSA) is 134 Å². The largest absolute Gasteiger partial charge is 0.508 e. The fourth-order valence-corrected chi connectivity index (χ4v) is 3.02. The van der Waals surface area contributed by atoms with Crippen LogP contribution in [-0.4, -0.2) is 59.2 Å². The number of carbonyl (C=O) groups is 4. The third-order valence-corrected chi connectivity index (χ3v) is 4.40. The lowest BCUT2D eigenvalue weighted by Gasteiger charge is -2.31. The molecule has 10 heteroatoms. The van der Waals surface area contributed by atoms with Crippen LogP contribution in [0.25, 0.3) is 0 Å². The van der Waals surface area contributed by atoms with Crippen molar-refractivity contribution in [1.82, 2.24) is 15.5 Å². The minimum Gasteiger partial charge on any atom is -0.508 e. The number of phenols is 1. The second kappa shape index (κ2) is 12.5. The van der Waals surface area contributed by atoms with Crippen molar-refractivity contribution in [3.63, 3.8) is 0 Å². The highest BCUT2D eigenvalue weighted by Gasteiger charge is 2.36. The first kappa shape index (κ1) is 28.3.